The molecule has 2 aromatic rings. The molecule has 10 heteroatoms. The first kappa shape index (κ1) is 24.4. The number of methoxy groups -OCH3 is 2. The van der Waals surface area contributed by atoms with E-state index in [0.717, 1.165) is 42.6 Å². The van der Waals surface area contributed by atoms with Gasteiger partial charge in [-0.2, -0.15) is 0 Å². The first-order valence-corrected chi connectivity index (χ1v) is 14.0. The van der Waals surface area contributed by atoms with Crippen LogP contribution in [0.4, 0.5) is 5.13 Å². The molecule has 0 saturated heterocycles. The Morgan fingerprint density at radius 2 is 1.74 bits per heavy atom. The molecule has 0 aliphatic heterocycles. The Hall–Kier alpha value is -2.33. The Balaban J connectivity index is 1.06. The summed E-state index contributed by atoms with van der Waals surface area (Å²) in [6.45, 7) is 0.525. The molecule has 0 unspecified atom stereocenters. The average Bonchev–Trinajstić information content (AvgIpc) is 3.29. The fourth-order valence-corrected chi connectivity index (χ4v) is 8.07. The van der Waals surface area contributed by atoms with Crippen LogP contribution in [0.2, 0.25) is 0 Å². The van der Waals surface area contributed by atoms with E-state index in [4.69, 9.17) is 9.47 Å². The first-order valence-electron chi connectivity index (χ1n) is 12.2. The van der Waals surface area contributed by atoms with Crippen LogP contribution in [0, 0.1) is 23.2 Å². The normalized spacial score (nSPS) is 26.4. The van der Waals surface area contributed by atoms with Crippen molar-refractivity contribution >= 4 is 40.0 Å². The molecule has 4 fully saturated rings. The molecule has 1 aromatic carbocycles. The zero-order valence-electron chi connectivity index (χ0n) is 20.2. The molecule has 35 heavy (non-hydrogen) atoms. The third kappa shape index (κ3) is 5.43. The first-order chi connectivity index (χ1) is 17.0. The van der Waals surface area contributed by atoms with Crippen molar-refractivity contribution < 1.29 is 19.1 Å². The molecule has 8 nitrogen and oxygen atoms in total. The van der Waals surface area contributed by atoms with Crippen LogP contribution in [-0.2, 0) is 16.0 Å². The number of nitrogens with one attached hydrogen (secondary N) is 2. The van der Waals surface area contributed by atoms with Crippen molar-refractivity contribution in [3.8, 4) is 11.5 Å². The number of carbonyl (C=O) groups is 2. The number of hydrogen-bond donors (Lipinski definition) is 2. The molecule has 1 heterocycles. The maximum atomic E-state index is 13.2. The van der Waals surface area contributed by atoms with E-state index < -0.39 is 0 Å². The standard InChI is InChI=1S/C25H32N4O4S2/c1-32-19-4-3-15(10-20(19)33-2)5-6-26-21(30)14-34-24-29-28-23(35-24)27-22(31)25-11-16-7-17(12-25)9-18(8-16)13-25/h3-4,10,16-18H,5-9,11-14H2,1-2H3,(H,26,30)(H,27,28,31). The van der Waals surface area contributed by atoms with Crippen LogP contribution in [0.3, 0.4) is 0 Å². The summed E-state index contributed by atoms with van der Waals surface area (Å²) in [5.74, 6) is 3.83. The van der Waals surface area contributed by atoms with E-state index in [1.165, 1.54) is 42.4 Å². The number of thioether (sulfide) groups is 1. The number of ether oxygens (including phenoxy) is 2. The van der Waals surface area contributed by atoms with Crippen molar-refractivity contribution in [1.29, 1.82) is 0 Å². The molecule has 1 aromatic heterocycles. The summed E-state index contributed by atoms with van der Waals surface area (Å²) in [6.07, 6.45) is 7.68. The molecule has 2 amide bonds. The summed E-state index contributed by atoms with van der Waals surface area (Å²) in [7, 11) is 3.21. The molecule has 6 rings (SSSR count). The molecule has 4 bridgehead atoms. The monoisotopic (exact) mass is 516 g/mol. The van der Waals surface area contributed by atoms with Crippen molar-refractivity contribution in [3.05, 3.63) is 23.8 Å². The van der Waals surface area contributed by atoms with Crippen LogP contribution in [0.15, 0.2) is 22.5 Å². The molecule has 4 aliphatic carbocycles. The Kier molecular flexibility index (Phi) is 7.20. The number of rotatable bonds is 10. The lowest BCUT2D eigenvalue weighted by Gasteiger charge is -2.55. The van der Waals surface area contributed by atoms with Gasteiger partial charge in [-0.05, 0) is 80.4 Å². The molecule has 188 valence electrons. The third-order valence-electron chi connectivity index (χ3n) is 7.66. The van der Waals surface area contributed by atoms with Gasteiger partial charge in [-0.25, -0.2) is 0 Å². The minimum atomic E-state index is -0.207. The van der Waals surface area contributed by atoms with Crippen LogP contribution in [-0.4, -0.2) is 48.5 Å². The van der Waals surface area contributed by atoms with Crippen LogP contribution < -0.4 is 20.1 Å². The Labute approximate surface area is 213 Å². The summed E-state index contributed by atoms with van der Waals surface area (Å²) in [4.78, 5) is 25.5. The van der Waals surface area contributed by atoms with Crippen molar-refractivity contribution in [2.24, 2.45) is 23.2 Å². The summed E-state index contributed by atoms with van der Waals surface area (Å²) >= 11 is 2.68. The van der Waals surface area contributed by atoms with Gasteiger partial charge in [-0.3, -0.25) is 9.59 Å². The van der Waals surface area contributed by atoms with E-state index in [1.807, 2.05) is 18.2 Å². The number of anilines is 1. The van der Waals surface area contributed by atoms with E-state index in [0.29, 0.717) is 33.9 Å². The van der Waals surface area contributed by atoms with Crippen molar-refractivity contribution in [2.45, 2.75) is 49.3 Å². The minimum absolute atomic E-state index is 0.0650. The van der Waals surface area contributed by atoms with E-state index in [-0.39, 0.29) is 23.0 Å². The lowest BCUT2D eigenvalue weighted by molar-refractivity contribution is -0.140. The highest BCUT2D eigenvalue weighted by molar-refractivity contribution is 8.01. The van der Waals surface area contributed by atoms with Crippen LogP contribution in [0.1, 0.15) is 44.1 Å². The molecule has 4 aliphatic rings. The predicted molar refractivity (Wildman–Crippen MR) is 136 cm³/mol. The second kappa shape index (κ2) is 10.3. The van der Waals surface area contributed by atoms with E-state index in [1.54, 1.807) is 14.2 Å². The molecule has 2 N–H and O–H groups in total. The highest BCUT2D eigenvalue weighted by Crippen LogP contribution is 2.60. The van der Waals surface area contributed by atoms with Crippen LogP contribution in [0.25, 0.3) is 0 Å². The number of carbonyl (C=O) groups excluding carboxylic acids is 2. The van der Waals surface area contributed by atoms with Crippen LogP contribution in [0.5, 0.6) is 11.5 Å². The predicted octanol–water partition coefficient (Wildman–Crippen LogP) is 4.16. The van der Waals surface area contributed by atoms with Gasteiger partial charge in [-0.15, -0.1) is 10.2 Å². The quantitative estimate of drug-likeness (QED) is 0.361. The van der Waals surface area contributed by atoms with Gasteiger partial charge in [0.15, 0.2) is 15.8 Å². The van der Waals surface area contributed by atoms with Gasteiger partial charge < -0.3 is 20.1 Å². The Morgan fingerprint density at radius 1 is 1.06 bits per heavy atom. The Bertz CT molecular complexity index is 1050. The van der Waals surface area contributed by atoms with Crippen molar-refractivity contribution in [2.75, 3.05) is 31.8 Å². The fraction of sp³-hybridized carbons (Fsp3) is 0.600. The topological polar surface area (TPSA) is 102 Å². The number of aromatic nitrogens is 2. The number of amides is 2. The van der Waals surface area contributed by atoms with Gasteiger partial charge in [0.05, 0.1) is 25.4 Å². The number of nitrogens with zero attached hydrogens (tertiary/aromatic N) is 2. The van der Waals surface area contributed by atoms with Crippen LogP contribution >= 0.6 is 23.1 Å². The largest absolute Gasteiger partial charge is 0.493 e. The molecule has 4 saturated carbocycles. The lowest BCUT2D eigenvalue weighted by Crippen LogP contribution is -2.51. The van der Waals surface area contributed by atoms with Crippen molar-refractivity contribution in [3.63, 3.8) is 0 Å². The molecule has 0 spiro atoms. The SMILES string of the molecule is COc1ccc(CCNC(=O)CSc2nnc(NC(=O)C34CC5CC(CC(C5)C3)C4)s2)cc1OC. The summed E-state index contributed by atoms with van der Waals surface area (Å²) in [5, 5.41) is 14.8. The average molecular weight is 517 g/mol. The number of hydrogen-bond acceptors (Lipinski definition) is 8. The summed E-state index contributed by atoms with van der Waals surface area (Å²) < 4.78 is 11.3. The fourth-order valence-electron chi connectivity index (χ4n) is 6.50. The lowest BCUT2D eigenvalue weighted by atomic mass is 9.49. The molecule has 0 radical (unpaired) electrons. The maximum Gasteiger partial charge on any atom is 0.232 e. The molecule has 0 atom stereocenters. The number of benzene rings is 1. The minimum Gasteiger partial charge on any atom is -0.493 e. The van der Waals surface area contributed by atoms with Gasteiger partial charge in [0.25, 0.3) is 0 Å². The van der Waals surface area contributed by atoms with E-state index >= 15 is 0 Å². The highest BCUT2D eigenvalue weighted by Gasteiger charge is 2.54. The zero-order chi connectivity index (χ0) is 24.4. The zero-order valence-corrected chi connectivity index (χ0v) is 21.8. The second-order valence-electron chi connectivity index (χ2n) is 10.1. The second-order valence-corrected chi connectivity index (χ2v) is 12.3. The summed E-state index contributed by atoms with van der Waals surface area (Å²) in [6, 6.07) is 5.74. The molecular weight excluding hydrogens is 484 g/mol. The van der Waals surface area contributed by atoms with Gasteiger partial charge in [0, 0.05) is 6.54 Å². The highest BCUT2D eigenvalue weighted by atomic mass is 32.2. The van der Waals surface area contributed by atoms with Gasteiger partial charge in [0.1, 0.15) is 0 Å². The van der Waals surface area contributed by atoms with E-state index in [2.05, 4.69) is 20.8 Å². The van der Waals surface area contributed by atoms with Crippen molar-refractivity contribution in [1.82, 2.24) is 15.5 Å². The smallest absolute Gasteiger partial charge is 0.232 e. The van der Waals surface area contributed by atoms with Gasteiger partial charge in [0.2, 0.25) is 16.9 Å². The maximum absolute atomic E-state index is 13.2. The summed E-state index contributed by atoms with van der Waals surface area (Å²) in [5.41, 5.74) is 0.848. The Morgan fingerprint density at radius 3 is 2.40 bits per heavy atom. The molecular formula is C25H32N4O4S2. The third-order valence-corrected chi connectivity index (χ3v) is 9.63. The van der Waals surface area contributed by atoms with Gasteiger partial charge >= 0.3 is 0 Å². The van der Waals surface area contributed by atoms with E-state index in [9.17, 15) is 9.59 Å². The van der Waals surface area contributed by atoms with Gasteiger partial charge in [-0.1, -0.05) is 29.2 Å².